The van der Waals surface area contributed by atoms with Crippen LogP contribution in [0.4, 0.5) is 8.78 Å². The Morgan fingerprint density at radius 1 is 1.11 bits per heavy atom. The molecule has 0 radical (unpaired) electrons. The first-order valence-electron chi connectivity index (χ1n) is 5.57. The molecule has 2 aromatic carbocycles. The van der Waals surface area contributed by atoms with Gasteiger partial charge in [-0.05, 0) is 24.3 Å². The van der Waals surface area contributed by atoms with Crippen molar-refractivity contribution in [2.75, 3.05) is 0 Å². The van der Waals surface area contributed by atoms with Crippen LogP contribution < -0.4 is 4.74 Å². The fraction of sp³-hybridized carbons (Fsp3) is 0.143. The Kier molecular flexibility index (Phi) is 4.35. The summed E-state index contributed by atoms with van der Waals surface area (Å²) in [6.45, 7) is -0.407. The average molecular weight is 285 g/mol. The molecule has 5 heteroatoms. The van der Waals surface area contributed by atoms with Crippen LogP contribution in [-0.4, -0.2) is 5.11 Å². The number of hydrogen-bond donors (Lipinski definition) is 1. The van der Waals surface area contributed by atoms with E-state index in [4.69, 9.17) is 21.4 Å². The zero-order chi connectivity index (χ0) is 13.8. The number of rotatable bonds is 4. The maximum Gasteiger partial charge on any atom is 0.148 e. The van der Waals surface area contributed by atoms with Gasteiger partial charge in [-0.15, -0.1) is 0 Å². The number of ether oxygens (including phenoxy) is 1. The average Bonchev–Trinajstić information content (AvgIpc) is 2.41. The second-order valence-corrected chi connectivity index (χ2v) is 4.32. The van der Waals surface area contributed by atoms with Gasteiger partial charge in [-0.1, -0.05) is 23.7 Å². The molecule has 0 bridgehead atoms. The molecule has 0 unspecified atom stereocenters. The van der Waals surface area contributed by atoms with Crippen molar-refractivity contribution < 1.29 is 18.6 Å². The Morgan fingerprint density at radius 3 is 2.63 bits per heavy atom. The van der Waals surface area contributed by atoms with E-state index in [1.807, 2.05) is 0 Å². The maximum absolute atomic E-state index is 13.6. The zero-order valence-corrected chi connectivity index (χ0v) is 10.6. The van der Waals surface area contributed by atoms with E-state index in [0.717, 1.165) is 0 Å². The molecule has 0 heterocycles. The number of benzene rings is 2. The van der Waals surface area contributed by atoms with Crippen molar-refractivity contribution in [3.8, 4) is 5.75 Å². The molecule has 2 rings (SSSR count). The lowest BCUT2D eigenvalue weighted by Crippen LogP contribution is -2.01. The molecular weight excluding hydrogens is 274 g/mol. The van der Waals surface area contributed by atoms with Crippen LogP contribution in [0.3, 0.4) is 0 Å². The van der Waals surface area contributed by atoms with Crippen LogP contribution in [0.5, 0.6) is 5.75 Å². The first-order valence-corrected chi connectivity index (χ1v) is 5.94. The summed E-state index contributed by atoms with van der Waals surface area (Å²) < 4.78 is 32.0. The van der Waals surface area contributed by atoms with Gasteiger partial charge in [0.05, 0.1) is 11.6 Å². The van der Waals surface area contributed by atoms with Crippen molar-refractivity contribution in [2.45, 2.75) is 13.2 Å². The smallest absolute Gasteiger partial charge is 0.148 e. The molecule has 0 aliphatic heterocycles. The minimum absolute atomic E-state index is 0.0163. The van der Waals surface area contributed by atoms with Crippen molar-refractivity contribution in [2.24, 2.45) is 0 Å². The fourth-order valence-electron chi connectivity index (χ4n) is 1.63. The summed E-state index contributed by atoms with van der Waals surface area (Å²) in [5.74, 6) is -0.703. The highest BCUT2D eigenvalue weighted by Crippen LogP contribution is 2.23. The number of aliphatic hydroxyl groups excluding tert-OH is 1. The number of aliphatic hydroxyl groups is 1. The van der Waals surface area contributed by atoms with Crippen molar-refractivity contribution in [1.82, 2.24) is 0 Å². The van der Waals surface area contributed by atoms with Gasteiger partial charge in [0, 0.05) is 11.1 Å². The van der Waals surface area contributed by atoms with Crippen LogP contribution in [0.15, 0.2) is 36.4 Å². The van der Waals surface area contributed by atoms with Crippen molar-refractivity contribution in [3.05, 3.63) is 64.2 Å². The molecule has 0 aromatic heterocycles. The summed E-state index contributed by atoms with van der Waals surface area (Å²) in [5.41, 5.74) is 0.600. The largest absolute Gasteiger partial charge is 0.488 e. The molecule has 0 aliphatic carbocycles. The topological polar surface area (TPSA) is 29.5 Å². The minimum atomic E-state index is -0.545. The van der Waals surface area contributed by atoms with Gasteiger partial charge in [0.2, 0.25) is 0 Å². The van der Waals surface area contributed by atoms with E-state index in [0.29, 0.717) is 16.9 Å². The summed E-state index contributed by atoms with van der Waals surface area (Å²) in [5, 5.41) is 9.11. The van der Waals surface area contributed by atoms with E-state index in [-0.39, 0.29) is 18.2 Å². The number of hydrogen-bond acceptors (Lipinski definition) is 2. The Morgan fingerprint density at radius 2 is 1.89 bits per heavy atom. The summed E-state index contributed by atoms with van der Waals surface area (Å²) in [6.07, 6.45) is 0. The lowest BCUT2D eigenvalue weighted by Gasteiger charge is -2.11. The van der Waals surface area contributed by atoms with E-state index >= 15 is 0 Å². The van der Waals surface area contributed by atoms with Gasteiger partial charge in [-0.25, -0.2) is 8.78 Å². The normalized spacial score (nSPS) is 10.5. The third kappa shape index (κ3) is 3.22. The Balaban J connectivity index is 2.17. The molecule has 2 nitrogen and oxygen atoms in total. The molecular formula is C14H11ClF2O2. The van der Waals surface area contributed by atoms with Crippen molar-refractivity contribution >= 4 is 11.6 Å². The number of halogens is 3. The van der Waals surface area contributed by atoms with Gasteiger partial charge in [-0.2, -0.15) is 0 Å². The van der Waals surface area contributed by atoms with Gasteiger partial charge in [0.25, 0.3) is 0 Å². The molecule has 0 saturated carbocycles. The molecule has 0 saturated heterocycles. The van der Waals surface area contributed by atoms with Gasteiger partial charge in [0.1, 0.15) is 24.0 Å². The summed E-state index contributed by atoms with van der Waals surface area (Å²) >= 11 is 5.65. The molecule has 19 heavy (non-hydrogen) atoms. The molecule has 0 fully saturated rings. The second kappa shape index (κ2) is 5.99. The highest BCUT2D eigenvalue weighted by molar-refractivity contribution is 6.30. The molecule has 0 spiro atoms. The van der Waals surface area contributed by atoms with E-state index < -0.39 is 11.6 Å². The summed E-state index contributed by atoms with van der Waals surface area (Å²) in [7, 11) is 0. The Hall–Kier alpha value is -1.65. The van der Waals surface area contributed by atoms with Crippen molar-refractivity contribution in [1.29, 1.82) is 0 Å². The molecule has 100 valence electrons. The van der Waals surface area contributed by atoms with E-state index in [9.17, 15) is 8.78 Å². The lowest BCUT2D eigenvalue weighted by molar-refractivity contribution is 0.256. The first-order chi connectivity index (χ1) is 9.11. The maximum atomic E-state index is 13.6. The molecule has 0 amide bonds. The third-order valence-corrected chi connectivity index (χ3v) is 2.90. The van der Waals surface area contributed by atoms with E-state index in [2.05, 4.69) is 0 Å². The van der Waals surface area contributed by atoms with Gasteiger partial charge < -0.3 is 9.84 Å². The SMILES string of the molecule is OCc1cc(F)ccc1OCc1cccc(Cl)c1F. The Bertz CT molecular complexity index is 588. The van der Waals surface area contributed by atoms with Crippen molar-refractivity contribution in [3.63, 3.8) is 0 Å². The monoisotopic (exact) mass is 284 g/mol. The Labute approximate surface area is 114 Å². The predicted molar refractivity (Wildman–Crippen MR) is 68.1 cm³/mol. The molecule has 0 aliphatic rings. The summed E-state index contributed by atoms with van der Waals surface area (Å²) in [4.78, 5) is 0. The van der Waals surface area contributed by atoms with Crippen LogP contribution in [0.2, 0.25) is 5.02 Å². The molecule has 0 atom stereocenters. The highest BCUT2D eigenvalue weighted by atomic mass is 35.5. The van der Waals surface area contributed by atoms with Gasteiger partial charge >= 0.3 is 0 Å². The highest BCUT2D eigenvalue weighted by Gasteiger charge is 2.09. The van der Waals surface area contributed by atoms with Gasteiger partial charge in [0.15, 0.2) is 0 Å². The standard InChI is InChI=1S/C14H11ClF2O2/c15-12-3-1-2-9(14(12)17)8-19-13-5-4-11(16)6-10(13)7-18/h1-6,18H,7-8H2. The van der Waals surface area contributed by atoms with Crippen LogP contribution in [0.1, 0.15) is 11.1 Å². The third-order valence-electron chi connectivity index (χ3n) is 2.61. The van der Waals surface area contributed by atoms with Gasteiger partial charge in [-0.3, -0.25) is 0 Å². The second-order valence-electron chi connectivity index (χ2n) is 3.91. The van der Waals surface area contributed by atoms with Crippen LogP contribution >= 0.6 is 11.6 Å². The van der Waals surface area contributed by atoms with Crippen LogP contribution in [0.25, 0.3) is 0 Å². The van der Waals surface area contributed by atoms with Crippen LogP contribution in [-0.2, 0) is 13.2 Å². The van der Waals surface area contributed by atoms with Crippen LogP contribution in [0, 0.1) is 11.6 Å². The fourth-order valence-corrected chi connectivity index (χ4v) is 1.82. The molecule has 1 N–H and O–H groups in total. The lowest BCUT2D eigenvalue weighted by atomic mass is 10.2. The quantitative estimate of drug-likeness (QED) is 0.928. The van der Waals surface area contributed by atoms with E-state index in [1.165, 1.54) is 24.3 Å². The predicted octanol–water partition coefficient (Wildman–Crippen LogP) is 3.69. The summed E-state index contributed by atoms with van der Waals surface area (Å²) in [6, 6.07) is 8.37. The molecule has 2 aromatic rings. The minimum Gasteiger partial charge on any atom is -0.488 e. The zero-order valence-electron chi connectivity index (χ0n) is 9.87. The first kappa shape index (κ1) is 13.8. The van der Waals surface area contributed by atoms with E-state index in [1.54, 1.807) is 12.1 Å².